The van der Waals surface area contributed by atoms with E-state index in [-0.39, 0.29) is 12.0 Å². The van der Waals surface area contributed by atoms with Gasteiger partial charge in [0.05, 0.1) is 0 Å². The molecule has 28 heavy (non-hydrogen) atoms. The minimum absolute atomic E-state index is 0.0383. The largest absolute Gasteiger partial charge is 0.444 e. The minimum atomic E-state index is -0.624. The van der Waals surface area contributed by atoms with Crippen LogP contribution in [0.1, 0.15) is 40.0 Å². The molecule has 1 aliphatic carbocycles. The molecule has 0 aromatic heterocycles. The standard InChI is InChI=1S/C21H29N3O4/c1-21(2,3)28-20(27)23-17-11-7-8-14-12-24(13-16(14)17)19(26)18(25)22-15-9-5-4-6-10-15/h4-6,9-10,14,16-17H,7-8,11-13H2,1-3H3,(H,22,25)(H,23,27)/t14-,16-,17-/m1/s1. The molecule has 2 fully saturated rings. The summed E-state index contributed by atoms with van der Waals surface area (Å²) in [5.41, 5.74) is 0.0488. The van der Waals surface area contributed by atoms with Crippen LogP contribution in [0.5, 0.6) is 0 Å². The van der Waals surface area contributed by atoms with Crippen LogP contribution in [-0.2, 0) is 14.3 Å². The molecule has 1 aromatic rings. The lowest BCUT2D eigenvalue weighted by Crippen LogP contribution is -2.47. The van der Waals surface area contributed by atoms with Gasteiger partial charge in [0.1, 0.15) is 5.60 Å². The Morgan fingerprint density at radius 1 is 1.07 bits per heavy atom. The third-order valence-corrected chi connectivity index (χ3v) is 5.31. The van der Waals surface area contributed by atoms with Gasteiger partial charge in [-0.1, -0.05) is 24.6 Å². The zero-order valence-corrected chi connectivity index (χ0v) is 16.7. The number of benzene rings is 1. The Bertz CT molecular complexity index is 729. The lowest BCUT2D eigenvalue weighted by atomic mass is 9.78. The molecule has 0 radical (unpaired) electrons. The first-order valence-electron chi connectivity index (χ1n) is 9.88. The summed E-state index contributed by atoms with van der Waals surface area (Å²) in [6.07, 6.45) is 2.42. The van der Waals surface area contributed by atoms with Gasteiger partial charge in [0.2, 0.25) is 0 Å². The number of likely N-dealkylation sites (tertiary alicyclic amines) is 1. The molecular weight excluding hydrogens is 358 g/mol. The SMILES string of the molecule is CC(C)(C)OC(=O)N[C@@H]1CCC[C@@H]2CN(C(=O)C(=O)Nc3ccccc3)C[C@H]21. The van der Waals surface area contributed by atoms with E-state index in [0.29, 0.717) is 24.7 Å². The topological polar surface area (TPSA) is 87.7 Å². The smallest absolute Gasteiger partial charge is 0.407 e. The van der Waals surface area contributed by atoms with Gasteiger partial charge in [-0.3, -0.25) is 9.59 Å². The molecule has 7 nitrogen and oxygen atoms in total. The van der Waals surface area contributed by atoms with Crippen LogP contribution in [0.3, 0.4) is 0 Å². The fourth-order valence-electron chi connectivity index (χ4n) is 4.13. The van der Waals surface area contributed by atoms with E-state index >= 15 is 0 Å². The summed E-state index contributed by atoms with van der Waals surface area (Å²) in [6.45, 7) is 6.52. The molecule has 2 N–H and O–H groups in total. The van der Waals surface area contributed by atoms with E-state index in [1.54, 1.807) is 29.2 Å². The molecule has 7 heteroatoms. The van der Waals surface area contributed by atoms with Gasteiger partial charge in [0, 0.05) is 30.7 Å². The fraction of sp³-hybridized carbons (Fsp3) is 0.571. The van der Waals surface area contributed by atoms with E-state index < -0.39 is 23.5 Å². The van der Waals surface area contributed by atoms with E-state index in [1.807, 2.05) is 26.8 Å². The van der Waals surface area contributed by atoms with Crippen molar-refractivity contribution in [2.24, 2.45) is 11.8 Å². The summed E-state index contributed by atoms with van der Waals surface area (Å²) in [4.78, 5) is 38.7. The molecular formula is C21H29N3O4. The van der Waals surface area contributed by atoms with Gasteiger partial charge in [-0.2, -0.15) is 0 Å². The summed E-state index contributed by atoms with van der Waals surface area (Å²) in [6, 6.07) is 8.91. The second-order valence-electron chi connectivity index (χ2n) is 8.64. The van der Waals surface area contributed by atoms with E-state index in [0.717, 1.165) is 19.3 Å². The second kappa shape index (κ2) is 8.20. The molecule has 0 spiro atoms. The van der Waals surface area contributed by atoms with Crippen molar-refractivity contribution >= 4 is 23.6 Å². The third kappa shape index (κ3) is 5.03. The molecule has 152 valence electrons. The molecule has 0 bridgehead atoms. The summed E-state index contributed by atoms with van der Waals surface area (Å²) < 4.78 is 5.37. The van der Waals surface area contributed by atoms with Crippen LogP contribution >= 0.6 is 0 Å². The number of nitrogens with zero attached hydrogens (tertiary/aromatic N) is 1. The highest BCUT2D eigenvalue weighted by molar-refractivity contribution is 6.39. The van der Waals surface area contributed by atoms with E-state index in [4.69, 9.17) is 4.74 Å². The fourth-order valence-corrected chi connectivity index (χ4v) is 4.13. The molecule has 3 rings (SSSR count). The molecule has 3 amide bonds. The Labute approximate surface area is 165 Å². The average Bonchev–Trinajstić information content (AvgIpc) is 3.05. The second-order valence-corrected chi connectivity index (χ2v) is 8.64. The highest BCUT2D eigenvalue weighted by atomic mass is 16.6. The highest BCUT2D eigenvalue weighted by Gasteiger charge is 2.43. The first kappa shape index (κ1) is 20.2. The molecule has 1 heterocycles. The quantitative estimate of drug-likeness (QED) is 0.764. The molecule has 1 saturated carbocycles. The number of alkyl carbamates (subject to hydrolysis) is 1. The Balaban J connectivity index is 1.59. The molecule has 1 saturated heterocycles. The summed E-state index contributed by atoms with van der Waals surface area (Å²) >= 11 is 0. The van der Waals surface area contributed by atoms with Crippen LogP contribution in [0, 0.1) is 11.8 Å². The highest BCUT2D eigenvalue weighted by Crippen LogP contribution is 2.36. The zero-order valence-electron chi connectivity index (χ0n) is 16.7. The zero-order chi connectivity index (χ0) is 20.3. The number of hydrogen-bond donors (Lipinski definition) is 2. The van der Waals surface area contributed by atoms with Gasteiger partial charge in [-0.05, 0) is 51.7 Å². The van der Waals surface area contributed by atoms with Crippen LogP contribution in [0.2, 0.25) is 0 Å². The van der Waals surface area contributed by atoms with Crippen molar-refractivity contribution in [1.82, 2.24) is 10.2 Å². The van der Waals surface area contributed by atoms with E-state index in [1.165, 1.54) is 0 Å². The van der Waals surface area contributed by atoms with Crippen LogP contribution in [0.15, 0.2) is 30.3 Å². The van der Waals surface area contributed by atoms with E-state index in [2.05, 4.69) is 10.6 Å². The number of carbonyl (C=O) groups excluding carboxylic acids is 3. The van der Waals surface area contributed by atoms with Crippen molar-refractivity contribution in [3.05, 3.63) is 30.3 Å². The van der Waals surface area contributed by atoms with Gasteiger partial charge < -0.3 is 20.3 Å². The van der Waals surface area contributed by atoms with Crippen molar-refractivity contribution in [3.63, 3.8) is 0 Å². The number of ether oxygens (including phenoxy) is 1. The predicted molar refractivity (Wildman–Crippen MR) is 106 cm³/mol. The molecule has 0 unspecified atom stereocenters. The predicted octanol–water partition coefficient (Wildman–Crippen LogP) is 2.78. The summed E-state index contributed by atoms with van der Waals surface area (Å²) in [5.74, 6) is -0.701. The van der Waals surface area contributed by atoms with Crippen molar-refractivity contribution in [3.8, 4) is 0 Å². The Morgan fingerprint density at radius 2 is 1.79 bits per heavy atom. The van der Waals surface area contributed by atoms with Gasteiger partial charge in [0.15, 0.2) is 0 Å². The number of nitrogens with one attached hydrogen (secondary N) is 2. The minimum Gasteiger partial charge on any atom is -0.444 e. The number of rotatable bonds is 2. The number of carbonyl (C=O) groups is 3. The molecule has 1 aliphatic heterocycles. The van der Waals surface area contributed by atoms with Crippen LogP contribution < -0.4 is 10.6 Å². The van der Waals surface area contributed by atoms with E-state index in [9.17, 15) is 14.4 Å². The molecule has 2 aliphatic rings. The maximum Gasteiger partial charge on any atom is 0.407 e. The Morgan fingerprint density at radius 3 is 2.46 bits per heavy atom. The monoisotopic (exact) mass is 387 g/mol. The third-order valence-electron chi connectivity index (χ3n) is 5.31. The average molecular weight is 387 g/mol. The van der Waals surface area contributed by atoms with Crippen molar-refractivity contribution in [2.75, 3.05) is 18.4 Å². The number of anilines is 1. The van der Waals surface area contributed by atoms with Gasteiger partial charge in [-0.25, -0.2) is 4.79 Å². The Hall–Kier alpha value is -2.57. The Kier molecular flexibility index (Phi) is 5.91. The van der Waals surface area contributed by atoms with Gasteiger partial charge >= 0.3 is 17.9 Å². The normalized spacial score (nSPS) is 24.2. The number of para-hydroxylation sites is 1. The van der Waals surface area contributed by atoms with Crippen LogP contribution in [0.4, 0.5) is 10.5 Å². The first-order valence-corrected chi connectivity index (χ1v) is 9.88. The number of hydrogen-bond acceptors (Lipinski definition) is 4. The lowest BCUT2D eigenvalue weighted by molar-refractivity contribution is -0.142. The van der Waals surface area contributed by atoms with Crippen molar-refractivity contribution in [2.45, 2.75) is 51.7 Å². The summed E-state index contributed by atoms with van der Waals surface area (Å²) in [5, 5.41) is 5.62. The molecule has 1 aromatic carbocycles. The maximum absolute atomic E-state index is 12.6. The number of amides is 3. The van der Waals surface area contributed by atoms with Crippen LogP contribution in [0.25, 0.3) is 0 Å². The van der Waals surface area contributed by atoms with Crippen molar-refractivity contribution < 1.29 is 19.1 Å². The summed E-state index contributed by atoms with van der Waals surface area (Å²) in [7, 11) is 0. The van der Waals surface area contributed by atoms with Gasteiger partial charge in [0.25, 0.3) is 0 Å². The number of fused-ring (bicyclic) bond motifs is 1. The van der Waals surface area contributed by atoms with Gasteiger partial charge in [-0.15, -0.1) is 0 Å². The lowest BCUT2D eigenvalue weighted by Gasteiger charge is -2.33. The first-order chi connectivity index (χ1) is 13.2. The van der Waals surface area contributed by atoms with Crippen molar-refractivity contribution in [1.29, 1.82) is 0 Å². The molecule has 3 atom stereocenters. The van der Waals surface area contributed by atoms with Crippen LogP contribution in [-0.4, -0.2) is 47.5 Å². The maximum atomic E-state index is 12.6.